The molecule has 0 heterocycles. The Balaban J connectivity index is 3.88. The molecule has 10 heavy (non-hydrogen) atoms. The Morgan fingerprint density at radius 1 is 1.20 bits per heavy atom. The highest BCUT2D eigenvalue weighted by atomic mass is 15.4. The number of hydrogen-bond acceptors (Lipinski definition) is 4. The van der Waals surface area contributed by atoms with Crippen molar-refractivity contribution in [1.29, 1.82) is 5.26 Å². The van der Waals surface area contributed by atoms with E-state index in [1.54, 1.807) is 0 Å². The number of nitriles is 1. The molecule has 0 aliphatic rings. The third kappa shape index (κ3) is 2.67. The summed E-state index contributed by atoms with van der Waals surface area (Å²) in [6.07, 6.45) is 1.89. The molecule has 0 unspecified atom stereocenters. The van der Waals surface area contributed by atoms with Crippen molar-refractivity contribution in [3.8, 4) is 6.19 Å². The van der Waals surface area contributed by atoms with Gasteiger partial charge in [0.25, 0.3) is 0 Å². The number of nitrogens with zero attached hydrogens (tertiary/aromatic N) is 3. The Morgan fingerprint density at radius 2 is 1.60 bits per heavy atom. The number of nitrogens with one attached hydrogen (secondary N) is 1. The minimum Gasteiger partial charge on any atom is -0.294 e. The molecule has 0 spiro atoms. The highest BCUT2D eigenvalue weighted by molar-refractivity contribution is 4.71. The summed E-state index contributed by atoms with van der Waals surface area (Å²) >= 11 is 0. The van der Waals surface area contributed by atoms with Gasteiger partial charge in [-0.1, -0.05) is 0 Å². The topological polar surface area (TPSA) is 42.3 Å². The van der Waals surface area contributed by atoms with Crippen LogP contribution in [0.4, 0.5) is 0 Å². The molecule has 0 saturated carbocycles. The standard InChI is InChI=1S/C6H14N4/c1-9(2)6(8-5-7)10(3)4/h6,8H,1-4H3. The van der Waals surface area contributed by atoms with Gasteiger partial charge in [0.05, 0.1) is 0 Å². The summed E-state index contributed by atoms with van der Waals surface area (Å²) in [5.74, 6) is 0. The normalized spacial score (nSPS) is 10.6. The van der Waals surface area contributed by atoms with Crippen molar-refractivity contribution in [2.24, 2.45) is 0 Å². The minimum absolute atomic E-state index is 0.00926. The van der Waals surface area contributed by atoms with Gasteiger partial charge in [0.15, 0.2) is 6.19 Å². The second-order valence-electron chi connectivity index (χ2n) is 2.56. The Hall–Kier alpha value is -0.790. The third-order valence-corrected chi connectivity index (χ3v) is 1.17. The van der Waals surface area contributed by atoms with Gasteiger partial charge in [0, 0.05) is 0 Å². The molecule has 1 N–H and O–H groups in total. The van der Waals surface area contributed by atoms with Crippen LogP contribution in [0.25, 0.3) is 0 Å². The van der Waals surface area contributed by atoms with Crippen LogP contribution in [0.1, 0.15) is 0 Å². The van der Waals surface area contributed by atoms with Gasteiger partial charge in [0.2, 0.25) is 0 Å². The van der Waals surface area contributed by atoms with Crippen molar-refractivity contribution in [2.75, 3.05) is 28.2 Å². The molecule has 0 saturated heterocycles. The average molecular weight is 142 g/mol. The van der Waals surface area contributed by atoms with Gasteiger partial charge >= 0.3 is 0 Å². The van der Waals surface area contributed by atoms with E-state index in [4.69, 9.17) is 5.26 Å². The van der Waals surface area contributed by atoms with Crippen LogP contribution in [0.3, 0.4) is 0 Å². The fourth-order valence-electron chi connectivity index (χ4n) is 0.778. The first-order chi connectivity index (χ1) is 4.59. The summed E-state index contributed by atoms with van der Waals surface area (Å²) in [5.41, 5.74) is 0. The van der Waals surface area contributed by atoms with E-state index in [0.29, 0.717) is 0 Å². The van der Waals surface area contributed by atoms with Crippen molar-refractivity contribution in [2.45, 2.75) is 6.29 Å². The second-order valence-corrected chi connectivity index (χ2v) is 2.56. The molecule has 0 aliphatic heterocycles. The van der Waals surface area contributed by atoms with Crippen LogP contribution in [0, 0.1) is 11.5 Å². The molecule has 0 bridgehead atoms. The molecule has 0 aliphatic carbocycles. The lowest BCUT2D eigenvalue weighted by atomic mass is 10.6. The zero-order valence-electron chi connectivity index (χ0n) is 6.92. The molecule has 4 heteroatoms. The van der Waals surface area contributed by atoms with Crippen LogP contribution < -0.4 is 5.32 Å². The van der Waals surface area contributed by atoms with Crippen LogP contribution in [-0.4, -0.2) is 44.3 Å². The maximum Gasteiger partial charge on any atom is 0.178 e. The molecule has 0 aromatic heterocycles. The first-order valence-corrected chi connectivity index (χ1v) is 3.07. The van der Waals surface area contributed by atoms with Crippen molar-refractivity contribution >= 4 is 0 Å². The zero-order chi connectivity index (χ0) is 8.15. The summed E-state index contributed by atoms with van der Waals surface area (Å²) in [4.78, 5) is 3.84. The van der Waals surface area contributed by atoms with Crippen molar-refractivity contribution in [3.63, 3.8) is 0 Å². The lowest BCUT2D eigenvalue weighted by Gasteiger charge is -2.28. The molecule has 0 fully saturated rings. The van der Waals surface area contributed by atoms with E-state index in [-0.39, 0.29) is 6.29 Å². The molecule has 58 valence electrons. The summed E-state index contributed by atoms with van der Waals surface area (Å²) < 4.78 is 0. The smallest absolute Gasteiger partial charge is 0.178 e. The molecule has 0 aromatic rings. The van der Waals surface area contributed by atoms with Gasteiger partial charge in [-0.2, -0.15) is 5.26 Å². The molecular formula is C6H14N4. The Kier molecular flexibility index (Phi) is 3.77. The monoisotopic (exact) mass is 142 g/mol. The van der Waals surface area contributed by atoms with Crippen LogP contribution >= 0.6 is 0 Å². The molecule has 0 rings (SSSR count). The van der Waals surface area contributed by atoms with Gasteiger partial charge in [-0.05, 0) is 28.2 Å². The fraction of sp³-hybridized carbons (Fsp3) is 0.833. The van der Waals surface area contributed by atoms with Gasteiger partial charge in [-0.15, -0.1) is 0 Å². The van der Waals surface area contributed by atoms with E-state index in [0.717, 1.165) is 0 Å². The van der Waals surface area contributed by atoms with Crippen molar-refractivity contribution in [1.82, 2.24) is 15.1 Å². The number of rotatable bonds is 3. The van der Waals surface area contributed by atoms with E-state index in [2.05, 4.69) is 5.32 Å². The fourth-order valence-corrected chi connectivity index (χ4v) is 0.778. The Bertz CT molecular complexity index is 116. The molecule has 0 amide bonds. The Morgan fingerprint density at radius 3 is 1.70 bits per heavy atom. The predicted octanol–water partition coefficient (Wildman–Crippen LogP) is -0.536. The van der Waals surface area contributed by atoms with E-state index in [9.17, 15) is 0 Å². The largest absolute Gasteiger partial charge is 0.294 e. The molecule has 4 nitrogen and oxygen atoms in total. The molecule has 0 aromatic carbocycles. The highest BCUT2D eigenvalue weighted by Crippen LogP contribution is 1.89. The lowest BCUT2D eigenvalue weighted by Crippen LogP contribution is -2.49. The first kappa shape index (κ1) is 9.21. The van der Waals surface area contributed by atoms with Gasteiger partial charge in [-0.25, -0.2) is 0 Å². The van der Waals surface area contributed by atoms with E-state index in [1.165, 1.54) is 0 Å². The first-order valence-electron chi connectivity index (χ1n) is 3.07. The maximum absolute atomic E-state index is 8.32. The molecule has 0 radical (unpaired) electrons. The minimum atomic E-state index is -0.00926. The second kappa shape index (κ2) is 4.09. The van der Waals surface area contributed by atoms with E-state index in [1.807, 2.05) is 44.2 Å². The SMILES string of the molecule is CN(C)C(NC#N)N(C)C. The summed E-state index contributed by atoms with van der Waals surface area (Å²) in [6.45, 7) is 0. The Labute approximate surface area is 62.0 Å². The van der Waals surface area contributed by atoms with E-state index < -0.39 is 0 Å². The van der Waals surface area contributed by atoms with E-state index >= 15 is 0 Å². The maximum atomic E-state index is 8.32. The van der Waals surface area contributed by atoms with Crippen molar-refractivity contribution < 1.29 is 0 Å². The van der Waals surface area contributed by atoms with Crippen LogP contribution in [0.5, 0.6) is 0 Å². The van der Waals surface area contributed by atoms with Gasteiger partial charge in [0.1, 0.15) is 6.29 Å². The summed E-state index contributed by atoms with van der Waals surface area (Å²) in [6, 6.07) is 0. The van der Waals surface area contributed by atoms with Crippen molar-refractivity contribution in [3.05, 3.63) is 0 Å². The average Bonchev–Trinajstić information content (AvgIpc) is 1.81. The van der Waals surface area contributed by atoms with Crippen LogP contribution in [0.2, 0.25) is 0 Å². The summed E-state index contributed by atoms with van der Waals surface area (Å²) in [5, 5.41) is 11.0. The lowest BCUT2D eigenvalue weighted by molar-refractivity contribution is 0.112. The summed E-state index contributed by atoms with van der Waals surface area (Å²) in [7, 11) is 7.65. The van der Waals surface area contributed by atoms with Crippen LogP contribution in [0.15, 0.2) is 0 Å². The predicted molar refractivity (Wildman–Crippen MR) is 39.9 cm³/mol. The molecular weight excluding hydrogens is 128 g/mol. The molecule has 0 atom stereocenters. The number of hydrogen-bond donors (Lipinski definition) is 1. The zero-order valence-corrected chi connectivity index (χ0v) is 6.92. The van der Waals surface area contributed by atoms with Gasteiger partial charge in [-0.3, -0.25) is 15.1 Å². The third-order valence-electron chi connectivity index (χ3n) is 1.17. The highest BCUT2D eigenvalue weighted by Gasteiger charge is 2.10. The van der Waals surface area contributed by atoms with Crippen LogP contribution in [-0.2, 0) is 0 Å². The van der Waals surface area contributed by atoms with Gasteiger partial charge < -0.3 is 0 Å². The quantitative estimate of drug-likeness (QED) is 0.326.